The Morgan fingerprint density at radius 3 is 1.64 bits per heavy atom. The van der Waals surface area contributed by atoms with E-state index in [1.165, 1.54) is 11.9 Å². The van der Waals surface area contributed by atoms with Crippen LogP contribution in [-0.4, -0.2) is 0 Å². The van der Waals surface area contributed by atoms with Crippen LogP contribution in [0.5, 0.6) is 11.5 Å². The quantitative estimate of drug-likeness (QED) is 0.374. The molecular weight excluding hydrogens is 431 g/mol. The highest BCUT2D eigenvalue weighted by Gasteiger charge is 2.24. The van der Waals surface area contributed by atoms with Crippen LogP contribution in [0.15, 0.2) is 82.0 Å². The van der Waals surface area contributed by atoms with Crippen LogP contribution in [0.2, 0.25) is 0 Å². The molecular formula is C16H13Br2O3P. The van der Waals surface area contributed by atoms with Crippen molar-refractivity contribution in [3.63, 3.8) is 0 Å². The molecule has 0 saturated heterocycles. The van der Waals surface area contributed by atoms with Gasteiger partial charge in [-0.15, -0.1) is 0 Å². The minimum absolute atomic E-state index is 0.456. The van der Waals surface area contributed by atoms with Crippen LogP contribution < -0.4 is 9.05 Å². The molecule has 0 aromatic heterocycles. The molecule has 0 bridgehead atoms. The zero-order valence-corrected chi connectivity index (χ0v) is 15.6. The minimum Gasteiger partial charge on any atom is -0.413 e. The summed E-state index contributed by atoms with van der Waals surface area (Å²) in [5.41, 5.74) is 0. The summed E-state index contributed by atoms with van der Waals surface area (Å²) in [5.74, 6) is 2.29. The maximum absolute atomic E-state index is 12.9. The van der Waals surface area contributed by atoms with E-state index in [1.54, 1.807) is 54.6 Å². The third kappa shape index (κ3) is 5.16. The van der Waals surface area contributed by atoms with Crippen LogP contribution in [0, 0.1) is 0 Å². The number of allylic oxidation sites excluding steroid dienone is 2. The summed E-state index contributed by atoms with van der Waals surface area (Å²) in [7, 11) is -3.49. The Balaban J connectivity index is 2.24. The molecule has 0 fully saturated rings. The van der Waals surface area contributed by atoms with E-state index in [9.17, 15) is 4.57 Å². The molecule has 0 N–H and O–H groups in total. The van der Waals surface area contributed by atoms with Gasteiger partial charge in [-0.05, 0) is 48.5 Å². The van der Waals surface area contributed by atoms with Gasteiger partial charge >= 0.3 is 7.60 Å². The number of hydrogen-bond donors (Lipinski definition) is 0. The van der Waals surface area contributed by atoms with Gasteiger partial charge in [-0.3, -0.25) is 0 Å². The number of rotatable bonds is 6. The van der Waals surface area contributed by atoms with E-state index < -0.39 is 7.60 Å². The second-order valence-corrected chi connectivity index (χ2v) is 7.78. The van der Waals surface area contributed by atoms with E-state index in [0.29, 0.717) is 11.5 Å². The summed E-state index contributed by atoms with van der Waals surface area (Å²) in [6.45, 7) is 3.57. The van der Waals surface area contributed by atoms with E-state index in [1.807, 2.05) is 0 Å². The first-order chi connectivity index (χ1) is 10.5. The molecule has 0 amide bonds. The lowest BCUT2D eigenvalue weighted by Gasteiger charge is -2.17. The summed E-state index contributed by atoms with van der Waals surface area (Å²) < 4.78 is 25.8. The van der Waals surface area contributed by atoms with E-state index in [4.69, 9.17) is 9.05 Å². The van der Waals surface area contributed by atoms with Crippen molar-refractivity contribution in [3.05, 3.63) is 82.0 Å². The predicted molar refractivity (Wildman–Crippen MR) is 96.5 cm³/mol. The number of hydrogen-bond acceptors (Lipinski definition) is 3. The Kier molecular flexibility index (Phi) is 6.07. The van der Waals surface area contributed by atoms with Crippen molar-refractivity contribution in [1.29, 1.82) is 0 Å². The molecule has 0 spiro atoms. The fourth-order valence-corrected chi connectivity index (χ4v) is 3.38. The second kappa shape index (κ2) is 7.82. The molecule has 6 heteroatoms. The minimum atomic E-state index is -3.49. The van der Waals surface area contributed by atoms with E-state index >= 15 is 0 Å². The van der Waals surface area contributed by atoms with Gasteiger partial charge < -0.3 is 9.05 Å². The van der Waals surface area contributed by atoms with Crippen LogP contribution in [-0.2, 0) is 4.57 Å². The average Bonchev–Trinajstić information content (AvgIpc) is 2.50. The van der Waals surface area contributed by atoms with E-state index in [-0.39, 0.29) is 0 Å². The normalized spacial score (nSPS) is 11.4. The summed E-state index contributed by atoms with van der Waals surface area (Å²) in [5, 5.41) is 0. The van der Waals surface area contributed by atoms with E-state index in [2.05, 4.69) is 38.4 Å². The first-order valence-electron chi connectivity index (χ1n) is 6.31. The van der Waals surface area contributed by atoms with Crippen LogP contribution in [0.25, 0.3) is 0 Å². The van der Waals surface area contributed by atoms with Crippen molar-refractivity contribution in [2.75, 3.05) is 0 Å². The second-order valence-electron chi connectivity index (χ2n) is 4.21. The van der Waals surface area contributed by atoms with Crippen molar-refractivity contribution < 1.29 is 13.6 Å². The summed E-state index contributed by atoms with van der Waals surface area (Å²) in [6.07, 6.45) is 3.06. The summed E-state index contributed by atoms with van der Waals surface area (Å²) >= 11 is 6.68. The van der Waals surface area contributed by atoms with E-state index in [0.717, 1.165) is 8.95 Å². The molecule has 2 aromatic carbocycles. The molecule has 2 rings (SSSR count). The maximum atomic E-state index is 12.9. The van der Waals surface area contributed by atoms with Gasteiger partial charge in [-0.2, -0.15) is 0 Å². The molecule has 0 heterocycles. The first kappa shape index (κ1) is 17.1. The standard InChI is InChI=1S/C16H13Br2O3P/c1-2-3-12-22(19,20-15-8-4-13(17)5-9-15)21-16-10-6-14(18)7-11-16/h2-12H,1H2/b12-3+. The van der Waals surface area contributed by atoms with Gasteiger partial charge in [0.25, 0.3) is 0 Å². The van der Waals surface area contributed by atoms with Crippen LogP contribution in [0.4, 0.5) is 0 Å². The average molecular weight is 444 g/mol. The van der Waals surface area contributed by atoms with Gasteiger partial charge in [-0.1, -0.05) is 50.6 Å². The van der Waals surface area contributed by atoms with Gasteiger partial charge in [0.2, 0.25) is 0 Å². The van der Waals surface area contributed by atoms with Crippen molar-refractivity contribution in [1.82, 2.24) is 0 Å². The molecule has 114 valence electrons. The van der Waals surface area contributed by atoms with Crippen LogP contribution in [0.1, 0.15) is 0 Å². The highest BCUT2D eigenvalue weighted by atomic mass is 79.9. The summed E-state index contributed by atoms with van der Waals surface area (Å²) in [4.78, 5) is 0. The Morgan fingerprint density at radius 1 is 0.864 bits per heavy atom. The zero-order chi connectivity index (χ0) is 16.0. The lowest BCUT2D eigenvalue weighted by molar-refractivity contribution is 0.398. The molecule has 0 atom stereocenters. The smallest absolute Gasteiger partial charge is 0.413 e. The summed E-state index contributed by atoms with van der Waals surface area (Å²) in [6, 6.07) is 14.1. The van der Waals surface area contributed by atoms with Gasteiger partial charge in [0.05, 0.1) is 5.82 Å². The highest BCUT2D eigenvalue weighted by Crippen LogP contribution is 2.50. The van der Waals surface area contributed by atoms with Gasteiger partial charge in [0.15, 0.2) is 0 Å². The maximum Gasteiger partial charge on any atom is 0.455 e. The molecule has 22 heavy (non-hydrogen) atoms. The number of benzene rings is 2. The lowest BCUT2D eigenvalue weighted by Crippen LogP contribution is -1.98. The fraction of sp³-hybridized carbons (Fsp3) is 0. The largest absolute Gasteiger partial charge is 0.455 e. The molecule has 0 unspecified atom stereocenters. The lowest BCUT2D eigenvalue weighted by atomic mass is 10.3. The molecule has 0 radical (unpaired) electrons. The third-order valence-corrected chi connectivity index (χ3v) is 5.02. The van der Waals surface area contributed by atoms with Crippen molar-refractivity contribution in [2.45, 2.75) is 0 Å². The van der Waals surface area contributed by atoms with Crippen LogP contribution in [0.3, 0.4) is 0 Å². The third-order valence-electron chi connectivity index (χ3n) is 2.50. The Morgan fingerprint density at radius 2 is 1.27 bits per heavy atom. The Labute approximate surface area is 146 Å². The topological polar surface area (TPSA) is 35.5 Å². The Hall–Kier alpha value is -1.29. The number of halogens is 2. The van der Waals surface area contributed by atoms with Crippen molar-refractivity contribution in [3.8, 4) is 11.5 Å². The predicted octanol–water partition coefficient (Wildman–Crippen LogP) is 6.56. The van der Waals surface area contributed by atoms with Crippen molar-refractivity contribution in [2.24, 2.45) is 0 Å². The fourth-order valence-electron chi connectivity index (χ4n) is 1.53. The monoisotopic (exact) mass is 442 g/mol. The molecule has 0 aliphatic carbocycles. The molecule has 0 aliphatic rings. The van der Waals surface area contributed by atoms with Crippen LogP contribution >= 0.6 is 39.5 Å². The molecule has 2 aromatic rings. The van der Waals surface area contributed by atoms with Gasteiger partial charge in [-0.25, -0.2) is 4.57 Å². The Bertz CT molecular complexity index is 658. The van der Waals surface area contributed by atoms with Crippen molar-refractivity contribution >= 4 is 39.5 Å². The molecule has 0 saturated carbocycles. The van der Waals surface area contributed by atoms with Gasteiger partial charge in [0, 0.05) is 8.95 Å². The zero-order valence-electron chi connectivity index (χ0n) is 11.5. The van der Waals surface area contributed by atoms with Gasteiger partial charge in [0.1, 0.15) is 11.5 Å². The molecule has 3 nitrogen and oxygen atoms in total. The first-order valence-corrected chi connectivity index (χ1v) is 9.51. The SMILES string of the molecule is C=C/C=C/P(=O)(Oc1ccc(Br)cc1)Oc1ccc(Br)cc1. The molecule has 0 aliphatic heterocycles. The highest BCUT2D eigenvalue weighted by molar-refractivity contribution is 9.10.